The van der Waals surface area contributed by atoms with Crippen molar-refractivity contribution >= 4 is 15.9 Å². The van der Waals surface area contributed by atoms with Crippen molar-refractivity contribution in [2.75, 3.05) is 19.6 Å². The molecule has 1 N–H and O–H groups in total. The molecule has 0 spiro atoms. The van der Waals surface area contributed by atoms with E-state index < -0.39 is 10.0 Å². The van der Waals surface area contributed by atoms with Crippen molar-refractivity contribution in [1.29, 1.82) is 0 Å². The third kappa shape index (κ3) is 5.31. The number of aryl methyl sites for hydroxylation is 2. The Bertz CT molecular complexity index is 682. The third-order valence-corrected chi connectivity index (χ3v) is 5.89. The van der Waals surface area contributed by atoms with Gasteiger partial charge in [-0.2, -0.15) is 0 Å². The molecule has 6 heteroatoms. The molecule has 0 bridgehead atoms. The molecule has 1 aromatic carbocycles. The summed E-state index contributed by atoms with van der Waals surface area (Å²) in [5, 5.41) is 0. The van der Waals surface area contributed by atoms with E-state index in [2.05, 4.69) is 11.6 Å². The van der Waals surface area contributed by atoms with Gasteiger partial charge in [0.1, 0.15) is 0 Å². The largest absolute Gasteiger partial charge is 0.342 e. The van der Waals surface area contributed by atoms with Crippen molar-refractivity contribution in [3.8, 4) is 0 Å². The second-order valence-corrected chi connectivity index (χ2v) is 8.44. The molecule has 0 aliphatic heterocycles. The van der Waals surface area contributed by atoms with Crippen LogP contribution < -0.4 is 4.72 Å². The minimum absolute atomic E-state index is 0.0346. The summed E-state index contributed by atoms with van der Waals surface area (Å²) >= 11 is 0. The molecule has 0 unspecified atom stereocenters. The van der Waals surface area contributed by atoms with Gasteiger partial charge in [-0.3, -0.25) is 4.79 Å². The molecule has 1 aliphatic carbocycles. The molecule has 134 valence electrons. The number of hydrogen-bond acceptors (Lipinski definition) is 3. The Morgan fingerprint density at radius 3 is 2.62 bits per heavy atom. The van der Waals surface area contributed by atoms with Crippen LogP contribution in [0.3, 0.4) is 0 Å². The molecular formula is C18H28N2O3S. The zero-order valence-corrected chi connectivity index (χ0v) is 15.7. The first-order valence-electron chi connectivity index (χ1n) is 8.68. The van der Waals surface area contributed by atoms with E-state index in [1.165, 1.54) is 12.8 Å². The van der Waals surface area contributed by atoms with Gasteiger partial charge in [0.2, 0.25) is 15.9 Å². The summed E-state index contributed by atoms with van der Waals surface area (Å²) in [5.41, 5.74) is 1.61. The van der Waals surface area contributed by atoms with Crippen LogP contribution in [0.2, 0.25) is 0 Å². The summed E-state index contributed by atoms with van der Waals surface area (Å²) in [6, 6.07) is 5.35. The van der Waals surface area contributed by atoms with Gasteiger partial charge in [-0.15, -0.1) is 0 Å². The quantitative estimate of drug-likeness (QED) is 0.743. The van der Waals surface area contributed by atoms with Crippen LogP contribution in [0.15, 0.2) is 23.1 Å². The molecule has 1 aromatic rings. The fourth-order valence-electron chi connectivity index (χ4n) is 2.72. The second kappa shape index (κ2) is 8.12. The lowest BCUT2D eigenvalue weighted by molar-refractivity contribution is -0.131. The van der Waals surface area contributed by atoms with Gasteiger partial charge >= 0.3 is 0 Å². The fourth-order valence-corrected chi connectivity index (χ4v) is 4.08. The lowest BCUT2D eigenvalue weighted by Crippen LogP contribution is -2.36. The highest BCUT2D eigenvalue weighted by molar-refractivity contribution is 7.89. The number of rotatable bonds is 9. The Morgan fingerprint density at radius 1 is 1.29 bits per heavy atom. The Labute approximate surface area is 145 Å². The van der Waals surface area contributed by atoms with Gasteiger partial charge in [-0.1, -0.05) is 19.1 Å². The van der Waals surface area contributed by atoms with Crippen molar-refractivity contribution in [1.82, 2.24) is 9.62 Å². The van der Waals surface area contributed by atoms with E-state index in [0.29, 0.717) is 16.4 Å². The fraction of sp³-hybridized carbons (Fsp3) is 0.611. The molecule has 1 saturated carbocycles. The van der Waals surface area contributed by atoms with E-state index in [4.69, 9.17) is 0 Å². The van der Waals surface area contributed by atoms with Crippen LogP contribution in [0.1, 0.15) is 43.7 Å². The van der Waals surface area contributed by atoms with Crippen LogP contribution in [0.4, 0.5) is 0 Å². The molecule has 2 rings (SSSR count). The molecular weight excluding hydrogens is 324 g/mol. The molecule has 1 fully saturated rings. The molecule has 0 saturated heterocycles. The Balaban J connectivity index is 1.91. The number of amides is 1. The maximum atomic E-state index is 12.4. The number of nitrogens with zero attached hydrogens (tertiary/aromatic N) is 1. The molecule has 5 nitrogen and oxygen atoms in total. The monoisotopic (exact) mass is 352 g/mol. The zero-order valence-electron chi connectivity index (χ0n) is 14.8. The van der Waals surface area contributed by atoms with Crippen molar-refractivity contribution in [2.24, 2.45) is 5.92 Å². The van der Waals surface area contributed by atoms with Crippen LogP contribution in [0.5, 0.6) is 0 Å². The summed E-state index contributed by atoms with van der Waals surface area (Å²) < 4.78 is 27.4. The molecule has 0 heterocycles. The van der Waals surface area contributed by atoms with E-state index in [0.717, 1.165) is 25.1 Å². The predicted octanol–water partition coefficient (Wildman–Crippen LogP) is 2.62. The maximum absolute atomic E-state index is 12.4. The molecule has 1 amide bonds. The van der Waals surface area contributed by atoms with Crippen LogP contribution in [-0.2, 0) is 14.8 Å². The summed E-state index contributed by atoms with van der Waals surface area (Å²) in [4.78, 5) is 14.5. The van der Waals surface area contributed by atoms with Crippen LogP contribution >= 0.6 is 0 Å². The smallest absolute Gasteiger partial charge is 0.240 e. The van der Waals surface area contributed by atoms with Crippen LogP contribution in [-0.4, -0.2) is 38.9 Å². The van der Waals surface area contributed by atoms with E-state index in [1.54, 1.807) is 19.1 Å². The van der Waals surface area contributed by atoms with Gasteiger partial charge < -0.3 is 4.90 Å². The number of sulfonamides is 1. The highest BCUT2D eigenvalue weighted by atomic mass is 32.2. The maximum Gasteiger partial charge on any atom is 0.240 e. The number of carbonyl (C=O) groups is 1. The SMILES string of the molecule is CCCN(CC1CC1)C(=O)CCNS(=O)(=O)c1cc(C)ccc1C. The van der Waals surface area contributed by atoms with E-state index in [1.807, 2.05) is 17.9 Å². The van der Waals surface area contributed by atoms with Crippen LogP contribution in [0.25, 0.3) is 0 Å². The summed E-state index contributed by atoms with van der Waals surface area (Å²) in [6.45, 7) is 7.39. The van der Waals surface area contributed by atoms with Crippen molar-refractivity contribution in [2.45, 2.75) is 51.3 Å². The first-order valence-corrected chi connectivity index (χ1v) is 10.2. The number of benzene rings is 1. The Kier molecular flexibility index (Phi) is 6.40. The Morgan fingerprint density at radius 2 is 2.00 bits per heavy atom. The molecule has 24 heavy (non-hydrogen) atoms. The van der Waals surface area contributed by atoms with Gasteiger partial charge in [0.15, 0.2) is 0 Å². The van der Waals surface area contributed by atoms with Crippen LogP contribution in [0, 0.1) is 19.8 Å². The standard InChI is InChI=1S/C18H28N2O3S/c1-4-11-20(13-16-7-8-16)18(21)9-10-19-24(22,23)17-12-14(2)5-6-15(17)3/h5-6,12,16,19H,4,7-11,13H2,1-3H3. The van der Waals surface area contributed by atoms with Crippen molar-refractivity contribution < 1.29 is 13.2 Å². The first kappa shape index (κ1) is 18.9. The van der Waals surface area contributed by atoms with Gasteiger partial charge in [-0.05, 0) is 56.2 Å². The van der Waals surface area contributed by atoms with Crippen molar-refractivity contribution in [3.63, 3.8) is 0 Å². The Hall–Kier alpha value is -1.40. The first-order chi connectivity index (χ1) is 11.3. The number of hydrogen-bond donors (Lipinski definition) is 1. The topological polar surface area (TPSA) is 66.5 Å². The van der Waals surface area contributed by atoms with Gasteiger partial charge in [-0.25, -0.2) is 13.1 Å². The predicted molar refractivity (Wildman–Crippen MR) is 95.3 cm³/mol. The lowest BCUT2D eigenvalue weighted by atomic mass is 10.2. The van der Waals surface area contributed by atoms with Gasteiger partial charge in [0, 0.05) is 26.1 Å². The molecule has 0 atom stereocenters. The molecule has 0 aromatic heterocycles. The van der Waals surface area contributed by atoms with Gasteiger partial charge in [0.05, 0.1) is 4.90 Å². The van der Waals surface area contributed by atoms with E-state index in [9.17, 15) is 13.2 Å². The molecule has 0 radical (unpaired) electrons. The van der Waals surface area contributed by atoms with E-state index >= 15 is 0 Å². The average Bonchev–Trinajstić information content (AvgIpc) is 3.33. The normalized spacial score (nSPS) is 14.6. The number of nitrogens with one attached hydrogen (secondary N) is 1. The summed E-state index contributed by atoms with van der Waals surface area (Å²) in [6.07, 6.45) is 3.53. The highest BCUT2D eigenvalue weighted by Gasteiger charge is 2.26. The lowest BCUT2D eigenvalue weighted by Gasteiger charge is -2.22. The number of carbonyl (C=O) groups excluding carboxylic acids is 1. The van der Waals surface area contributed by atoms with Gasteiger partial charge in [0.25, 0.3) is 0 Å². The summed E-state index contributed by atoms with van der Waals surface area (Å²) in [7, 11) is -3.58. The molecule has 1 aliphatic rings. The third-order valence-electron chi connectivity index (χ3n) is 4.29. The van der Waals surface area contributed by atoms with E-state index in [-0.39, 0.29) is 18.9 Å². The summed E-state index contributed by atoms with van der Waals surface area (Å²) in [5.74, 6) is 0.680. The highest BCUT2D eigenvalue weighted by Crippen LogP contribution is 2.29. The second-order valence-electron chi connectivity index (χ2n) is 6.70. The minimum atomic E-state index is -3.58. The zero-order chi connectivity index (χ0) is 17.7. The van der Waals surface area contributed by atoms with Crippen molar-refractivity contribution in [3.05, 3.63) is 29.3 Å². The minimum Gasteiger partial charge on any atom is -0.342 e. The average molecular weight is 353 g/mol.